The predicted octanol–water partition coefficient (Wildman–Crippen LogP) is 5.24. The summed E-state index contributed by atoms with van der Waals surface area (Å²) in [6, 6.07) is 0. The van der Waals surface area contributed by atoms with E-state index in [1.165, 1.54) is 18.4 Å². The van der Waals surface area contributed by atoms with Gasteiger partial charge in [-0.05, 0) is 43.2 Å². The summed E-state index contributed by atoms with van der Waals surface area (Å²) in [6.45, 7) is 23.4. The van der Waals surface area contributed by atoms with E-state index in [4.69, 9.17) is 13.8 Å². The van der Waals surface area contributed by atoms with Crippen LogP contribution in [0.15, 0.2) is 11.8 Å². The van der Waals surface area contributed by atoms with Gasteiger partial charge in [-0.15, -0.1) is 0 Å². The van der Waals surface area contributed by atoms with Crippen LogP contribution in [0.1, 0.15) is 48.5 Å². The van der Waals surface area contributed by atoms with Crippen LogP contribution in [0.4, 0.5) is 0 Å². The molecule has 0 atom stereocenters. The van der Waals surface area contributed by atoms with Crippen LogP contribution in [0.2, 0.25) is 36.3 Å². The van der Waals surface area contributed by atoms with E-state index in [1.807, 2.05) is 0 Å². The second-order valence-corrected chi connectivity index (χ2v) is 18.7. The van der Waals surface area contributed by atoms with Crippen LogP contribution in [0.3, 0.4) is 0 Å². The Bertz CT molecular complexity index is 446. The molecule has 0 aromatic heterocycles. The predicted molar refractivity (Wildman–Crippen MR) is 104 cm³/mol. The number of hydrogen-bond acceptors (Lipinski definition) is 5. The van der Waals surface area contributed by atoms with Crippen LogP contribution >= 0.6 is 0 Å². The summed E-state index contributed by atoms with van der Waals surface area (Å²) in [6.07, 6.45) is 1.40. The normalized spacial score (nSPS) is 14.6. The molecule has 0 fully saturated rings. The van der Waals surface area contributed by atoms with Crippen molar-refractivity contribution in [3.63, 3.8) is 0 Å². The second-order valence-electron chi connectivity index (χ2n) is 9.27. The SMILES string of the molecule is COC(=O)/C=C(\C)N(O[Si](C)(C)C(C)(C)C)O[Si](C)(C)C(C)(C)C. The monoisotopic (exact) mass is 375 g/mol. The largest absolute Gasteiger partial charge is 0.466 e. The van der Waals surface area contributed by atoms with Gasteiger partial charge in [0.2, 0.25) is 16.6 Å². The van der Waals surface area contributed by atoms with Crippen molar-refractivity contribution in [2.24, 2.45) is 0 Å². The lowest BCUT2D eigenvalue weighted by molar-refractivity contribution is -0.247. The van der Waals surface area contributed by atoms with Crippen LogP contribution in [0.5, 0.6) is 0 Å². The molecule has 0 spiro atoms. The highest BCUT2D eigenvalue weighted by Crippen LogP contribution is 2.41. The van der Waals surface area contributed by atoms with E-state index in [0.29, 0.717) is 5.70 Å². The molecule has 0 saturated carbocycles. The van der Waals surface area contributed by atoms with E-state index in [-0.39, 0.29) is 10.1 Å². The second kappa shape index (κ2) is 7.72. The summed E-state index contributed by atoms with van der Waals surface area (Å²) in [5.41, 5.74) is 0.594. The van der Waals surface area contributed by atoms with Gasteiger partial charge in [0, 0.05) is 6.08 Å². The number of hydrogen-bond donors (Lipinski definition) is 0. The van der Waals surface area contributed by atoms with Crippen LogP contribution in [0.25, 0.3) is 0 Å². The molecule has 24 heavy (non-hydrogen) atoms. The molecule has 0 rings (SSSR count). The Morgan fingerprint density at radius 1 is 0.875 bits per heavy atom. The highest BCUT2D eigenvalue weighted by molar-refractivity contribution is 6.75. The van der Waals surface area contributed by atoms with E-state index < -0.39 is 22.6 Å². The average Bonchev–Trinajstić information content (AvgIpc) is 2.34. The zero-order valence-electron chi connectivity index (χ0n) is 17.7. The number of rotatable bonds is 6. The van der Waals surface area contributed by atoms with Crippen molar-refractivity contribution < 1.29 is 18.6 Å². The average molecular weight is 376 g/mol. The minimum atomic E-state index is -2.12. The molecular formula is C17H37NO4Si2. The summed E-state index contributed by atoms with van der Waals surface area (Å²) in [5.74, 6) is -0.421. The fourth-order valence-electron chi connectivity index (χ4n) is 1.13. The molecular weight excluding hydrogens is 338 g/mol. The smallest absolute Gasteiger partial charge is 0.332 e. The Kier molecular flexibility index (Phi) is 7.51. The van der Waals surface area contributed by atoms with Gasteiger partial charge < -0.3 is 4.74 Å². The number of methoxy groups -OCH3 is 1. The number of allylic oxidation sites excluding steroid dienone is 1. The van der Waals surface area contributed by atoms with E-state index in [0.717, 1.165) is 0 Å². The molecule has 0 N–H and O–H groups in total. The Morgan fingerprint density at radius 3 is 1.46 bits per heavy atom. The third-order valence-electron chi connectivity index (χ3n) is 5.05. The van der Waals surface area contributed by atoms with Crippen molar-refractivity contribution in [2.75, 3.05) is 7.11 Å². The number of carbonyl (C=O) groups excluding carboxylic acids is 1. The van der Waals surface area contributed by atoms with Crippen LogP contribution < -0.4 is 0 Å². The maximum Gasteiger partial charge on any atom is 0.332 e. The Labute approximate surface area is 150 Å². The van der Waals surface area contributed by atoms with Crippen molar-refractivity contribution in [3.8, 4) is 0 Å². The molecule has 0 radical (unpaired) electrons. The van der Waals surface area contributed by atoms with Gasteiger partial charge in [-0.1, -0.05) is 41.5 Å². The highest BCUT2D eigenvalue weighted by Gasteiger charge is 2.44. The third-order valence-corrected chi connectivity index (χ3v) is 13.5. The fourth-order valence-corrected chi connectivity index (χ4v) is 2.95. The molecule has 142 valence electrons. The number of ether oxygens (including phenoxy) is 1. The first kappa shape index (κ1) is 23.4. The highest BCUT2D eigenvalue weighted by atomic mass is 28.4. The standard InChI is InChI=1S/C17H37NO4Si2/c1-14(13-15(19)20-8)18(21-23(9,10)16(2,3)4)22-24(11,12)17(5,6)7/h13H,1-12H3/b14-13+. The molecule has 0 unspecified atom stereocenters. The molecule has 0 heterocycles. The number of nitrogens with zero attached hydrogens (tertiary/aromatic N) is 1. The summed E-state index contributed by atoms with van der Waals surface area (Å²) in [5, 5.41) is 1.52. The summed E-state index contributed by atoms with van der Waals surface area (Å²) < 4.78 is 17.4. The molecule has 0 amide bonds. The molecule has 0 aliphatic rings. The van der Waals surface area contributed by atoms with Crippen LogP contribution in [-0.2, 0) is 18.6 Å². The Balaban J connectivity index is 5.71. The molecule has 5 nitrogen and oxygen atoms in total. The third kappa shape index (κ3) is 6.35. The number of carbonyl (C=O) groups is 1. The molecule has 0 aliphatic carbocycles. The molecule has 0 aliphatic heterocycles. The van der Waals surface area contributed by atoms with Gasteiger partial charge in [0.1, 0.15) is 0 Å². The van der Waals surface area contributed by atoms with Gasteiger partial charge in [0.05, 0.1) is 12.8 Å². The summed E-state index contributed by atoms with van der Waals surface area (Å²) >= 11 is 0. The Hall–Kier alpha value is -0.636. The summed E-state index contributed by atoms with van der Waals surface area (Å²) in [4.78, 5) is 11.6. The minimum absolute atomic E-state index is 0.0214. The quantitative estimate of drug-likeness (QED) is 0.275. The molecule has 0 bridgehead atoms. The lowest BCUT2D eigenvalue weighted by atomic mass is 10.2. The van der Waals surface area contributed by atoms with Gasteiger partial charge in [0.25, 0.3) is 0 Å². The van der Waals surface area contributed by atoms with Crippen molar-refractivity contribution >= 4 is 22.6 Å². The first-order chi connectivity index (χ1) is 10.4. The maximum atomic E-state index is 11.6. The van der Waals surface area contributed by atoms with Gasteiger partial charge in [-0.25, -0.2) is 4.79 Å². The lowest BCUT2D eigenvalue weighted by Crippen LogP contribution is -2.52. The number of hydroxylamine groups is 2. The summed E-state index contributed by atoms with van der Waals surface area (Å²) in [7, 11) is -2.88. The van der Waals surface area contributed by atoms with Gasteiger partial charge in [-0.3, -0.25) is 9.05 Å². The van der Waals surface area contributed by atoms with Gasteiger partial charge in [0.15, 0.2) is 0 Å². The van der Waals surface area contributed by atoms with Crippen molar-refractivity contribution in [2.45, 2.75) is 84.7 Å². The first-order valence-electron chi connectivity index (χ1n) is 8.39. The van der Waals surface area contributed by atoms with Crippen LogP contribution in [0, 0.1) is 0 Å². The zero-order valence-corrected chi connectivity index (χ0v) is 19.7. The fraction of sp³-hybridized carbons (Fsp3) is 0.824. The van der Waals surface area contributed by atoms with Crippen molar-refractivity contribution in [1.29, 1.82) is 0 Å². The van der Waals surface area contributed by atoms with E-state index >= 15 is 0 Å². The van der Waals surface area contributed by atoms with Gasteiger partial charge >= 0.3 is 5.97 Å². The van der Waals surface area contributed by atoms with E-state index in [1.54, 1.807) is 6.92 Å². The maximum absolute atomic E-state index is 11.6. The molecule has 0 saturated heterocycles. The number of esters is 1. The Morgan fingerprint density at radius 2 is 1.21 bits per heavy atom. The first-order valence-corrected chi connectivity index (χ1v) is 14.2. The minimum Gasteiger partial charge on any atom is -0.466 e. The van der Waals surface area contributed by atoms with Crippen molar-refractivity contribution in [3.05, 3.63) is 11.8 Å². The zero-order chi connectivity index (χ0) is 19.6. The van der Waals surface area contributed by atoms with E-state index in [2.05, 4.69) is 67.7 Å². The molecule has 7 heteroatoms. The van der Waals surface area contributed by atoms with Crippen molar-refractivity contribution in [1.82, 2.24) is 5.23 Å². The van der Waals surface area contributed by atoms with Crippen LogP contribution in [-0.4, -0.2) is 34.9 Å². The topological polar surface area (TPSA) is 48.0 Å². The van der Waals surface area contributed by atoms with E-state index in [9.17, 15) is 4.79 Å². The van der Waals surface area contributed by atoms with Gasteiger partial charge in [-0.2, -0.15) is 5.23 Å². The molecule has 0 aromatic carbocycles. The lowest BCUT2D eigenvalue weighted by Gasteiger charge is -2.44. The molecule has 0 aromatic rings.